The molecule has 0 radical (unpaired) electrons. The highest BCUT2D eigenvalue weighted by molar-refractivity contribution is 8.93. The molecule has 0 aliphatic carbocycles. The van der Waals surface area contributed by atoms with Crippen molar-refractivity contribution in [2.75, 3.05) is 0 Å². The van der Waals surface area contributed by atoms with Crippen molar-refractivity contribution in [2.24, 2.45) is 5.92 Å². The van der Waals surface area contributed by atoms with Gasteiger partial charge in [0.05, 0.1) is 21.8 Å². The van der Waals surface area contributed by atoms with E-state index in [-0.39, 0.29) is 49.2 Å². The van der Waals surface area contributed by atoms with Gasteiger partial charge in [-0.15, -0.1) is 17.0 Å². The maximum atomic E-state index is 12.2. The molecule has 2 rings (SSSR count). The molecule has 0 aliphatic rings. The van der Waals surface area contributed by atoms with Crippen LogP contribution in [-0.2, 0) is 6.54 Å². The molecule has 0 atom stereocenters. The monoisotopic (exact) mass is 366 g/mol. The zero-order valence-electron chi connectivity index (χ0n) is 10.4. The molecule has 0 unspecified atom stereocenters. The Hall–Kier alpha value is -0.780. The maximum absolute atomic E-state index is 12.2. The van der Waals surface area contributed by atoms with Gasteiger partial charge in [-0.25, -0.2) is 4.98 Å². The summed E-state index contributed by atoms with van der Waals surface area (Å²) >= 11 is 11.8. The molecule has 0 saturated heterocycles. The molecule has 0 saturated carbocycles. The number of hydrogen-bond donors (Lipinski definition) is 1. The minimum absolute atomic E-state index is 0. The van der Waals surface area contributed by atoms with Crippen LogP contribution in [0, 0.1) is 5.92 Å². The van der Waals surface area contributed by atoms with Gasteiger partial charge in [0.1, 0.15) is 5.52 Å². The fraction of sp³-hybridized carbons (Fsp3) is 0.333. The van der Waals surface area contributed by atoms with Gasteiger partial charge in [-0.05, 0) is 12.0 Å². The van der Waals surface area contributed by atoms with Crippen molar-refractivity contribution in [1.29, 1.82) is 0 Å². The number of aromatic nitrogens is 2. The van der Waals surface area contributed by atoms with E-state index in [0.717, 1.165) is 0 Å². The molecule has 1 aromatic heterocycles. The first-order chi connectivity index (χ1) is 8.41. The van der Waals surface area contributed by atoms with E-state index in [1.165, 1.54) is 17.0 Å². The van der Waals surface area contributed by atoms with Crippen LogP contribution in [0.25, 0.3) is 10.9 Å². The number of nitrogens with zero attached hydrogens (tertiary/aromatic N) is 2. The van der Waals surface area contributed by atoms with Crippen LogP contribution in [0.4, 0.5) is 0 Å². The summed E-state index contributed by atoms with van der Waals surface area (Å²) in [6, 6.07) is 1.35. The van der Waals surface area contributed by atoms with Gasteiger partial charge in [0, 0.05) is 6.54 Å². The van der Waals surface area contributed by atoms with Gasteiger partial charge >= 0.3 is 0 Å². The molecular weight excluding hydrogens is 355 g/mol. The average Bonchev–Trinajstić information content (AvgIpc) is 2.28. The van der Waals surface area contributed by atoms with E-state index >= 15 is 0 Å². The lowest BCUT2D eigenvalue weighted by Gasteiger charge is -2.10. The first-order valence-corrected chi connectivity index (χ1v) is 6.23. The molecule has 19 heavy (non-hydrogen) atoms. The second-order valence-corrected chi connectivity index (χ2v) is 5.32. The predicted molar refractivity (Wildman–Crippen MR) is 82.8 cm³/mol. The van der Waals surface area contributed by atoms with Crippen molar-refractivity contribution >= 4 is 51.1 Å². The number of hydrogen-bond acceptors (Lipinski definition) is 3. The first-order valence-electron chi connectivity index (χ1n) is 5.48. The van der Waals surface area contributed by atoms with Crippen LogP contribution in [0.15, 0.2) is 17.2 Å². The molecule has 4 nitrogen and oxygen atoms in total. The van der Waals surface area contributed by atoms with Crippen LogP contribution in [0.5, 0.6) is 5.75 Å². The van der Waals surface area contributed by atoms with Gasteiger partial charge in [0.2, 0.25) is 0 Å². The van der Waals surface area contributed by atoms with Crippen molar-refractivity contribution in [1.82, 2.24) is 9.55 Å². The molecule has 1 N–H and O–H groups in total. The molecule has 104 valence electrons. The third kappa shape index (κ3) is 3.04. The Kier molecular flexibility index (Phi) is 5.24. The molecule has 0 aliphatic heterocycles. The van der Waals surface area contributed by atoms with Crippen LogP contribution < -0.4 is 5.56 Å². The van der Waals surface area contributed by atoms with E-state index in [4.69, 9.17) is 23.2 Å². The topological polar surface area (TPSA) is 55.1 Å². The van der Waals surface area contributed by atoms with Crippen molar-refractivity contribution in [3.8, 4) is 5.75 Å². The second-order valence-electron chi connectivity index (χ2n) is 4.51. The van der Waals surface area contributed by atoms with Gasteiger partial charge in [-0.1, -0.05) is 37.0 Å². The molecule has 1 aromatic carbocycles. The van der Waals surface area contributed by atoms with Crippen LogP contribution in [0.3, 0.4) is 0 Å². The minimum atomic E-state index is -0.273. The summed E-state index contributed by atoms with van der Waals surface area (Å²) < 4.78 is 1.48. The summed E-state index contributed by atoms with van der Waals surface area (Å²) in [5.41, 5.74) is -0.136. The number of fused-ring (bicyclic) bond motifs is 1. The second kappa shape index (κ2) is 6.11. The van der Waals surface area contributed by atoms with E-state index in [0.29, 0.717) is 12.5 Å². The van der Waals surface area contributed by atoms with Gasteiger partial charge in [0.25, 0.3) is 5.56 Å². The van der Waals surface area contributed by atoms with E-state index in [1.807, 2.05) is 13.8 Å². The van der Waals surface area contributed by atoms with Crippen molar-refractivity contribution < 1.29 is 5.11 Å². The van der Waals surface area contributed by atoms with E-state index in [9.17, 15) is 9.90 Å². The smallest absolute Gasteiger partial charge is 0.262 e. The van der Waals surface area contributed by atoms with Crippen LogP contribution in [-0.4, -0.2) is 14.7 Å². The highest BCUT2D eigenvalue weighted by Crippen LogP contribution is 2.34. The fourth-order valence-electron chi connectivity index (χ4n) is 1.77. The summed E-state index contributed by atoms with van der Waals surface area (Å²) in [5, 5.41) is 10.3. The number of halogens is 3. The molecule has 2 aromatic rings. The summed E-state index contributed by atoms with van der Waals surface area (Å²) in [6.45, 7) is 4.54. The number of phenols is 1. The van der Waals surface area contributed by atoms with Gasteiger partial charge in [-0.3, -0.25) is 9.36 Å². The number of phenolic OH excluding ortho intramolecular Hbond substituents is 1. The zero-order valence-corrected chi connectivity index (χ0v) is 13.6. The molecule has 0 amide bonds. The third-order valence-electron chi connectivity index (χ3n) is 2.54. The Morgan fingerprint density at radius 1 is 1.37 bits per heavy atom. The molecule has 0 spiro atoms. The van der Waals surface area contributed by atoms with Crippen LogP contribution in [0.2, 0.25) is 10.0 Å². The largest absolute Gasteiger partial charge is 0.504 e. The van der Waals surface area contributed by atoms with Crippen LogP contribution in [0.1, 0.15) is 13.8 Å². The zero-order chi connectivity index (χ0) is 13.4. The highest BCUT2D eigenvalue weighted by atomic mass is 79.9. The fourth-order valence-corrected chi connectivity index (χ4v) is 2.31. The van der Waals surface area contributed by atoms with Gasteiger partial charge in [-0.2, -0.15) is 0 Å². The van der Waals surface area contributed by atoms with Gasteiger partial charge < -0.3 is 5.11 Å². The molecule has 7 heteroatoms. The molecular formula is C12H13BrCl2N2O2. The normalized spacial score (nSPS) is 10.8. The van der Waals surface area contributed by atoms with Crippen molar-refractivity contribution in [3.63, 3.8) is 0 Å². The number of aromatic hydroxyl groups is 1. The first kappa shape index (κ1) is 16.3. The summed E-state index contributed by atoms with van der Waals surface area (Å²) in [4.78, 5) is 16.3. The van der Waals surface area contributed by atoms with Crippen molar-refractivity contribution in [2.45, 2.75) is 20.4 Å². The standard InChI is InChI=1S/C12H12Cl2N2O2.BrH/c1-6(2)4-16-5-15-10-9(12(16)18)7(13)3-8(14)11(10)17;/h3,5-6,17H,4H2,1-2H3;1H. The molecule has 0 fully saturated rings. The Morgan fingerprint density at radius 3 is 2.58 bits per heavy atom. The lowest BCUT2D eigenvalue weighted by Crippen LogP contribution is -2.23. The lowest BCUT2D eigenvalue weighted by atomic mass is 10.2. The van der Waals surface area contributed by atoms with E-state index in [1.54, 1.807) is 0 Å². The van der Waals surface area contributed by atoms with Gasteiger partial charge in [0.15, 0.2) is 5.75 Å². The van der Waals surface area contributed by atoms with E-state index < -0.39 is 0 Å². The highest BCUT2D eigenvalue weighted by Gasteiger charge is 2.15. The average molecular weight is 368 g/mol. The minimum Gasteiger partial charge on any atom is -0.504 e. The predicted octanol–water partition coefficient (Wildman–Crippen LogP) is 3.64. The SMILES string of the molecule is Br.CC(C)Cn1cnc2c(O)c(Cl)cc(Cl)c2c1=O. The Labute approximate surface area is 130 Å². The van der Waals surface area contributed by atoms with Crippen molar-refractivity contribution in [3.05, 3.63) is 32.8 Å². The third-order valence-corrected chi connectivity index (χ3v) is 3.13. The Balaban J connectivity index is 0.00000180. The Bertz CT molecular complexity index is 671. The quantitative estimate of drug-likeness (QED) is 0.881. The summed E-state index contributed by atoms with van der Waals surface area (Å²) in [6.07, 6.45) is 1.40. The molecule has 0 bridgehead atoms. The van der Waals surface area contributed by atoms with E-state index in [2.05, 4.69) is 4.98 Å². The lowest BCUT2D eigenvalue weighted by molar-refractivity contribution is 0.479. The number of benzene rings is 1. The summed E-state index contributed by atoms with van der Waals surface area (Å²) in [7, 11) is 0. The Morgan fingerprint density at radius 2 is 2.00 bits per heavy atom. The van der Waals surface area contributed by atoms with Crippen LogP contribution >= 0.6 is 40.2 Å². The number of rotatable bonds is 2. The maximum Gasteiger partial charge on any atom is 0.262 e. The summed E-state index contributed by atoms with van der Waals surface area (Å²) in [5.74, 6) is 0.0893. The molecule has 1 heterocycles.